The number of nitrogens with one attached hydrogen (secondary N) is 1. The normalized spacial score (nSPS) is 31.7. The van der Waals surface area contributed by atoms with E-state index in [-0.39, 0.29) is 0 Å². The van der Waals surface area contributed by atoms with Crippen LogP contribution in [0.3, 0.4) is 0 Å². The van der Waals surface area contributed by atoms with Crippen molar-refractivity contribution in [2.24, 2.45) is 5.92 Å². The molecular formula is C15H31N3. The van der Waals surface area contributed by atoms with Crippen LogP contribution in [0, 0.1) is 5.92 Å². The summed E-state index contributed by atoms with van der Waals surface area (Å²) < 4.78 is 0. The van der Waals surface area contributed by atoms with Gasteiger partial charge in [0.2, 0.25) is 0 Å². The van der Waals surface area contributed by atoms with Crippen molar-refractivity contribution >= 4 is 0 Å². The maximum absolute atomic E-state index is 3.48. The SMILES string of the molecule is CCC1CN(C)CCCN1CCCC1CCNC1. The van der Waals surface area contributed by atoms with Crippen molar-refractivity contribution in [2.45, 2.75) is 45.1 Å². The average Bonchev–Trinajstić information content (AvgIpc) is 2.81. The summed E-state index contributed by atoms with van der Waals surface area (Å²) in [7, 11) is 2.27. The Morgan fingerprint density at radius 1 is 1.28 bits per heavy atom. The van der Waals surface area contributed by atoms with E-state index in [1.165, 1.54) is 71.4 Å². The predicted molar refractivity (Wildman–Crippen MR) is 78.0 cm³/mol. The average molecular weight is 253 g/mol. The van der Waals surface area contributed by atoms with E-state index >= 15 is 0 Å². The minimum absolute atomic E-state index is 0.791. The van der Waals surface area contributed by atoms with Gasteiger partial charge in [-0.25, -0.2) is 0 Å². The molecule has 0 saturated carbocycles. The summed E-state index contributed by atoms with van der Waals surface area (Å²) in [4.78, 5) is 5.26. The third-order valence-electron chi connectivity index (χ3n) is 4.72. The summed E-state index contributed by atoms with van der Waals surface area (Å²) in [5, 5.41) is 3.48. The molecule has 2 aliphatic rings. The van der Waals surface area contributed by atoms with Crippen LogP contribution in [0.5, 0.6) is 0 Å². The van der Waals surface area contributed by atoms with Crippen molar-refractivity contribution in [3.05, 3.63) is 0 Å². The minimum atomic E-state index is 0.791. The Kier molecular flexibility index (Phi) is 5.93. The van der Waals surface area contributed by atoms with E-state index < -0.39 is 0 Å². The van der Waals surface area contributed by atoms with Gasteiger partial charge in [-0.1, -0.05) is 6.92 Å². The number of likely N-dealkylation sites (N-methyl/N-ethyl adjacent to an activating group) is 1. The fourth-order valence-corrected chi connectivity index (χ4v) is 3.52. The third-order valence-corrected chi connectivity index (χ3v) is 4.72. The zero-order valence-electron chi connectivity index (χ0n) is 12.3. The molecule has 0 bridgehead atoms. The van der Waals surface area contributed by atoms with Gasteiger partial charge < -0.3 is 10.2 Å². The highest BCUT2D eigenvalue weighted by Crippen LogP contribution is 2.17. The molecule has 2 saturated heterocycles. The lowest BCUT2D eigenvalue weighted by molar-refractivity contribution is 0.178. The fourth-order valence-electron chi connectivity index (χ4n) is 3.52. The van der Waals surface area contributed by atoms with E-state index in [1.54, 1.807) is 0 Å². The highest BCUT2D eigenvalue weighted by molar-refractivity contribution is 4.78. The summed E-state index contributed by atoms with van der Waals surface area (Å²) in [5.41, 5.74) is 0. The van der Waals surface area contributed by atoms with Crippen LogP contribution in [0.15, 0.2) is 0 Å². The molecule has 18 heavy (non-hydrogen) atoms. The molecule has 0 aromatic rings. The van der Waals surface area contributed by atoms with Crippen molar-refractivity contribution in [1.82, 2.24) is 15.1 Å². The second-order valence-corrected chi connectivity index (χ2v) is 6.21. The highest BCUT2D eigenvalue weighted by atomic mass is 15.2. The van der Waals surface area contributed by atoms with E-state index in [0.717, 1.165) is 12.0 Å². The number of hydrogen-bond acceptors (Lipinski definition) is 3. The van der Waals surface area contributed by atoms with E-state index in [2.05, 4.69) is 29.1 Å². The van der Waals surface area contributed by atoms with Gasteiger partial charge in [0.1, 0.15) is 0 Å². The maximum Gasteiger partial charge on any atom is 0.0220 e. The van der Waals surface area contributed by atoms with Gasteiger partial charge in [-0.05, 0) is 77.8 Å². The molecule has 0 aromatic carbocycles. The summed E-state index contributed by atoms with van der Waals surface area (Å²) in [6.07, 6.45) is 6.87. The first-order chi connectivity index (χ1) is 8.79. The van der Waals surface area contributed by atoms with Gasteiger partial charge >= 0.3 is 0 Å². The standard InChI is InChI=1S/C15H31N3/c1-3-15-13-17(2)9-5-11-18(15)10-4-6-14-7-8-16-12-14/h14-16H,3-13H2,1-2H3. The van der Waals surface area contributed by atoms with E-state index in [0.29, 0.717) is 0 Å². The second kappa shape index (κ2) is 7.46. The molecule has 2 aliphatic heterocycles. The second-order valence-electron chi connectivity index (χ2n) is 6.21. The van der Waals surface area contributed by atoms with Crippen molar-refractivity contribution in [1.29, 1.82) is 0 Å². The van der Waals surface area contributed by atoms with Crippen LogP contribution in [0.2, 0.25) is 0 Å². The molecule has 2 atom stereocenters. The molecule has 0 amide bonds. The van der Waals surface area contributed by atoms with Crippen LogP contribution in [-0.2, 0) is 0 Å². The van der Waals surface area contributed by atoms with Crippen LogP contribution < -0.4 is 5.32 Å². The number of hydrogen-bond donors (Lipinski definition) is 1. The minimum Gasteiger partial charge on any atom is -0.316 e. The highest BCUT2D eigenvalue weighted by Gasteiger charge is 2.22. The molecule has 2 fully saturated rings. The number of rotatable bonds is 5. The Morgan fingerprint density at radius 3 is 2.89 bits per heavy atom. The van der Waals surface area contributed by atoms with Crippen LogP contribution in [0.25, 0.3) is 0 Å². The fraction of sp³-hybridized carbons (Fsp3) is 1.00. The summed E-state index contributed by atoms with van der Waals surface area (Å²) in [5.74, 6) is 0.958. The van der Waals surface area contributed by atoms with Crippen molar-refractivity contribution in [3.8, 4) is 0 Å². The molecule has 2 heterocycles. The van der Waals surface area contributed by atoms with Gasteiger partial charge in [-0.15, -0.1) is 0 Å². The van der Waals surface area contributed by atoms with Gasteiger partial charge in [0.05, 0.1) is 0 Å². The molecule has 3 heteroatoms. The van der Waals surface area contributed by atoms with Crippen molar-refractivity contribution < 1.29 is 0 Å². The Morgan fingerprint density at radius 2 is 2.17 bits per heavy atom. The Bertz CT molecular complexity index is 226. The van der Waals surface area contributed by atoms with Crippen molar-refractivity contribution in [3.63, 3.8) is 0 Å². The molecule has 2 rings (SSSR count). The third kappa shape index (κ3) is 4.22. The largest absolute Gasteiger partial charge is 0.316 e. The van der Waals surface area contributed by atoms with Gasteiger partial charge in [-0.3, -0.25) is 4.90 Å². The molecule has 2 unspecified atom stereocenters. The zero-order chi connectivity index (χ0) is 12.8. The van der Waals surface area contributed by atoms with Crippen LogP contribution in [0.1, 0.15) is 39.0 Å². The Balaban J connectivity index is 1.71. The topological polar surface area (TPSA) is 18.5 Å². The lowest BCUT2D eigenvalue weighted by Crippen LogP contribution is -2.40. The van der Waals surface area contributed by atoms with Crippen LogP contribution >= 0.6 is 0 Å². The monoisotopic (exact) mass is 253 g/mol. The van der Waals surface area contributed by atoms with Gasteiger partial charge in [-0.2, -0.15) is 0 Å². The zero-order valence-corrected chi connectivity index (χ0v) is 12.3. The Labute approximate surface area is 113 Å². The maximum atomic E-state index is 3.48. The number of nitrogens with zero attached hydrogens (tertiary/aromatic N) is 2. The van der Waals surface area contributed by atoms with E-state index in [4.69, 9.17) is 0 Å². The van der Waals surface area contributed by atoms with Gasteiger partial charge in [0.15, 0.2) is 0 Å². The summed E-state index contributed by atoms with van der Waals surface area (Å²) in [6.45, 7) is 10.0. The predicted octanol–water partition coefficient (Wildman–Crippen LogP) is 1.79. The van der Waals surface area contributed by atoms with Crippen LogP contribution in [-0.4, -0.2) is 62.2 Å². The lowest BCUT2D eigenvalue weighted by atomic mass is 10.0. The van der Waals surface area contributed by atoms with Gasteiger partial charge in [0.25, 0.3) is 0 Å². The molecule has 0 radical (unpaired) electrons. The Hall–Kier alpha value is -0.120. The molecule has 0 aromatic heterocycles. The molecule has 1 N–H and O–H groups in total. The molecule has 0 spiro atoms. The van der Waals surface area contributed by atoms with Crippen LogP contribution in [0.4, 0.5) is 0 Å². The first kappa shape index (κ1) is 14.3. The summed E-state index contributed by atoms with van der Waals surface area (Å²) >= 11 is 0. The molecular weight excluding hydrogens is 222 g/mol. The quantitative estimate of drug-likeness (QED) is 0.806. The molecule has 3 nitrogen and oxygen atoms in total. The van der Waals surface area contributed by atoms with E-state index in [1.807, 2.05) is 0 Å². The first-order valence-electron chi connectivity index (χ1n) is 7.93. The summed E-state index contributed by atoms with van der Waals surface area (Å²) in [6, 6.07) is 0.791. The van der Waals surface area contributed by atoms with Gasteiger partial charge in [0, 0.05) is 12.6 Å². The molecule has 0 aliphatic carbocycles. The smallest absolute Gasteiger partial charge is 0.0220 e. The van der Waals surface area contributed by atoms with E-state index in [9.17, 15) is 0 Å². The molecule has 106 valence electrons. The van der Waals surface area contributed by atoms with Crippen molar-refractivity contribution in [2.75, 3.05) is 46.3 Å². The first-order valence-corrected chi connectivity index (χ1v) is 7.93. The lowest BCUT2D eigenvalue weighted by Gasteiger charge is -2.30.